The lowest BCUT2D eigenvalue weighted by molar-refractivity contribution is -0.118. The normalized spacial score (nSPS) is 24.0. The van der Waals surface area contributed by atoms with Crippen LogP contribution in [0, 0.1) is 5.82 Å². The predicted octanol–water partition coefficient (Wildman–Crippen LogP) is 7.03. The van der Waals surface area contributed by atoms with Crippen LogP contribution in [0.4, 0.5) is 15.8 Å². The van der Waals surface area contributed by atoms with Crippen LogP contribution in [0.1, 0.15) is 73.4 Å². The Balaban J connectivity index is 1.43. The third kappa shape index (κ3) is 4.76. The molecule has 2 aliphatic heterocycles. The molecule has 0 bridgehead atoms. The van der Waals surface area contributed by atoms with Crippen molar-refractivity contribution in [2.75, 3.05) is 17.2 Å². The number of hydrogen-bond donors (Lipinski definition) is 4. The van der Waals surface area contributed by atoms with Gasteiger partial charge in [-0.1, -0.05) is 60.7 Å². The van der Waals surface area contributed by atoms with Gasteiger partial charge in [0, 0.05) is 51.4 Å². The van der Waals surface area contributed by atoms with Crippen molar-refractivity contribution in [2.24, 2.45) is 0 Å². The molecule has 2 spiro atoms. The van der Waals surface area contributed by atoms with Crippen LogP contribution in [-0.2, 0) is 10.2 Å². The second kappa shape index (κ2) is 11.2. The van der Waals surface area contributed by atoms with Crippen LogP contribution < -0.4 is 21.3 Å². The van der Waals surface area contributed by atoms with Gasteiger partial charge in [0.1, 0.15) is 5.82 Å². The molecule has 1 saturated heterocycles. The summed E-state index contributed by atoms with van der Waals surface area (Å²) in [5.74, 6) is -1.49. The maximum absolute atomic E-state index is 16.0. The van der Waals surface area contributed by atoms with Crippen LogP contribution in [-0.4, -0.2) is 36.0 Å². The van der Waals surface area contributed by atoms with Crippen LogP contribution in [0.5, 0.6) is 0 Å². The Morgan fingerprint density at radius 3 is 2.45 bits per heavy atom. The summed E-state index contributed by atoms with van der Waals surface area (Å²) >= 11 is 12.8. The number of hydrogen-bond acceptors (Lipinski definition) is 4. The van der Waals surface area contributed by atoms with Crippen molar-refractivity contribution < 1.29 is 14.0 Å². The van der Waals surface area contributed by atoms with Gasteiger partial charge in [-0.15, -0.1) is 0 Å². The van der Waals surface area contributed by atoms with Gasteiger partial charge < -0.3 is 16.0 Å². The molecule has 6 nitrogen and oxygen atoms in total. The Labute approximate surface area is 255 Å². The summed E-state index contributed by atoms with van der Waals surface area (Å²) in [6, 6.07) is 17.0. The van der Waals surface area contributed by atoms with Gasteiger partial charge in [-0.05, 0) is 80.3 Å². The number of benzene rings is 3. The van der Waals surface area contributed by atoms with Gasteiger partial charge in [0.2, 0.25) is 5.91 Å². The van der Waals surface area contributed by atoms with Crippen LogP contribution in [0.25, 0.3) is 0 Å². The fourth-order valence-electron chi connectivity index (χ4n) is 7.62. The van der Waals surface area contributed by atoms with E-state index in [2.05, 4.69) is 21.3 Å². The van der Waals surface area contributed by atoms with E-state index in [4.69, 9.17) is 23.2 Å². The van der Waals surface area contributed by atoms with Crippen molar-refractivity contribution in [1.29, 1.82) is 0 Å². The van der Waals surface area contributed by atoms with Gasteiger partial charge >= 0.3 is 0 Å². The highest BCUT2D eigenvalue weighted by atomic mass is 35.5. The first kappa shape index (κ1) is 29.0. The SMILES string of the molecule is CC(C)NC(=O)c1ccc(NC(=O)[C@@H]2NC3(CCCCC3)[C@@]3(CNc4cc(Cl)ccc43)[C@H]2c2cccc(Cl)c2F)cc1. The largest absolute Gasteiger partial charge is 0.384 e. The lowest BCUT2D eigenvalue weighted by Crippen LogP contribution is -2.58. The van der Waals surface area contributed by atoms with Gasteiger partial charge in [-0.2, -0.15) is 0 Å². The van der Waals surface area contributed by atoms with Crippen LogP contribution >= 0.6 is 23.2 Å². The number of fused-ring (bicyclic) bond motifs is 3. The maximum atomic E-state index is 16.0. The number of amides is 2. The minimum absolute atomic E-state index is 0.0137. The lowest BCUT2D eigenvalue weighted by atomic mass is 9.56. The molecule has 2 amide bonds. The number of carbonyl (C=O) groups excluding carboxylic acids is 2. The number of carbonyl (C=O) groups is 2. The predicted molar refractivity (Wildman–Crippen MR) is 166 cm³/mol. The van der Waals surface area contributed by atoms with Gasteiger partial charge in [0.05, 0.1) is 11.1 Å². The van der Waals surface area contributed by atoms with E-state index < -0.39 is 28.7 Å². The van der Waals surface area contributed by atoms with E-state index in [-0.39, 0.29) is 22.9 Å². The highest BCUT2D eigenvalue weighted by Crippen LogP contribution is 2.62. The summed E-state index contributed by atoms with van der Waals surface area (Å²) in [6.07, 6.45) is 4.86. The molecule has 42 heavy (non-hydrogen) atoms. The van der Waals surface area contributed by atoms with Gasteiger partial charge in [-0.25, -0.2) is 4.39 Å². The van der Waals surface area contributed by atoms with Crippen molar-refractivity contribution in [3.63, 3.8) is 0 Å². The fourth-order valence-corrected chi connectivity index (χ4v) is 7.97. The minimum Gasteiger partial charge on any atom is -0.384 e. The monoisotopic (exact) mass is 608 g/mol. The summed E-state index contributed by atoms with van der Waals surface area (Å²) < 4.78 is 16.0. The molecule has 220 valence electrons. The summed E-state index contributed by atoms with van der Waals surface area (Å²) in [5, 5.41) is 13.9. The second-order valence-corrected chi connectivity index (χ2v) is 12.9. The molecule has 0 unspecified atom stereocenters. The molecule has 6 rings (SSSR count). The van der Waals surface area contributed by atoms with Gasteiger partial charge in [0.25, 0.3) is 5.91 Å². The Bertz CT molecular complexity index is 1520. The Kier molecular flexibility index (Phi) is 7.71. The molecule has 3 atom stereocenters. The molecule has 3 aromatic carbocycles. The quantitative estimate of drug-likeness (QED) is 0.250. The molecule has 2 heterocycles. The molecule has 3 aliphatic rings. The highest BCUT2D eigenvalue weighted by Gasteiger charge is 2.68. The molecule has 0 aromatic heterocycles. The van der Waals surface area contributed by atoms with E-state index >= 15 is 4.39 Å². The fraction of sp³-hybridized carbons (Fsp3) is 0.394. The Morgan fingerprint density at radius 1 is 1.00 bits per heavy atom. The molecular weight excluding hydrogens is 574 g/mol. The summed E-state index contributed by atoms with van der Waals surface area (Å²) in [4.78, 5) is 26.7. The smallest absolute Gasteiger partial charge is 0.251 e. The molecule has 0 radical (unpaired) electrons. The maximum Gasteiger partial charge on any atom is 0.251 e. The molecule has 9 heteroatoms. The van der Waals surface area contributed by atoms with Crippen molar-refractivity contribution in [3.05, 3.63) is 93.2 Å². The number of rotatable bonds is 5. The standard InChI is InChI=1S/C33H35Cl2FN4O2/c1-19(2)38-30(41)20-9-12-22(13-10-20)39-31(42)29-27(23-7-6-8-25(35)28(23)36)33(32(40-29)15-4-3-5-16-32)18-37-26-17-21(34)11-14-24(26)33/h6-14,17,19,27,29,37,40H,3-5,15-16,18H2,1-2H3,(H,38,41)(H,39,42)/t27-,29+,33+/m0/s1. The first-order chi connectivity index (χ1) is 20.1. The second-order valence-electron chi connectivity index (χ2n) is 12.1. The Morgan fingerprint density at radius 2 is 1.74 bits per heavy atom. The van der Waals surface area contributed by atoms with Crippen LogP contribution in [0.3, 0.4) is 0 Å². The summed E-state index contributed by atoms with van der Waals surface area (Å²) in [6.45, 7) is 4.34. The van der Waals surface area contributed by atoms with E-state index in [1.165, 1.54) is 0 Å². The zero-order chi connectivity index (χ0) is 29.6. The average Bonchev–Trinajstić information content (AvgIpc) is 3.47. The molecule has 3 aromatic rings. The number of anilines is 2. The molecule has 4 N–H and O–H groups in total. The molecule has 1 saturated carbocycles. The number of halogens is 3. The lowest BCUT2D eigenvalue weighted by Gasteiger charge is -2.48. The van der Waals surface area contributed by atoms with E-state index in [1.54, 1.807) is 42.5 Å². The molecular formula is C33H35Cl2FN4O2. The number of nitrogens with one attached hydrogen (secondary N) is 4. The highest BCUT2D eigenvalue weighted by molar-refractivity contribution is 6.31. The molecule has 1 aliphatic carbocycles. The zero-order valence-electron chi connectivity index (χ0n) is 23.7. The van der Waals surface area contributed by atoms with E-state index in [9.17, 15) is 9.59 Å². The topological polar surface area (TPSA) is 82.3 Å². The molecule has 2 fully saturated rings. The Hall–Kier alpha value is -3.13. The third-order valence-corrected chi connectivity index (χ3v) is 9.84. The van der Waals surface area contributed by atoms with Crippen LogP contribution in [0.15, 0.2) is 60.7 Å². The van der Waals surface area contributed by atoms with Gasteiger partial charge in [-0.3, -0.25) is 14.9 Å². The first-order valence-corrected chi connectivity index (χ1v) is 15.4. The summed E-state index contributed by atoms with van der Waals surface area (Å²) in [5.41, 5.74) is 2.37. The van der Waals surface area contributed by atoms with Crippen molar-refractivity contribution >= 4 is 46.4 Å². The summed E-state index contributed by atoms with van der Waals surface area (Å²) in [7, 11) is 0. The van der Waals surface area contributed by atoms with Gasteiger partial charge in [0.15, 0.2) is 0 Å². The van der Waals surface area contributed by atoms with Crippen molar-refractivity contribution in [1.82, 2.24) is 10.6 Å². The van der Waals surface area contributed by atoms with E-state index in [0.717, 1.165) is 43.4 Å². The van der Waals surface area contributed by atoms with E-state index in [1.807, 2.05) is 32.0 Å². The zero-order valence-corrected chi connectivity index (χ0v) is 25.2. The average molecular weight is 610 g/mol. The van der Waals surface area contributed by atoms with Crippen molar-refractivity contribution in [2.45, 2.75) is 74.9 Å². The van der Waals surface area contributed by atoms with E-state index in [0.29, 0.717) is 28.4 Å². The van der Waals surface area contributed by atoms with Crippen LogP contribution in [0.2, 0.25) is 10.0 Å². The third-order valence-electron chi connectivity index (χ3n) is 9.31. The van der Waals surface area contributed by atoms with Crippen molar-refractivity contribution in [3.8, 4) is 0 Å². The minimum atomic E-state index is -0.747. The first-order valence-electron chi connectivity index (χ1n) is 14.6.